The second kappa shape index (κ2) is 6.36. The van der Waals surface area contributed by atoms with Gasteiger partial charge >= 0.3 is 6.09 Å². The second-order valence-electron chi connectivity index (χ2n) is 5.06. The Morgan fingerprint density at radius 1 is 1.41 bits per heavy atom. The van der Waals surface area contributed by atoms with Crippen LogP contribution in [0.3, 0.4) is 0 Å². The zero-order valence-electron chi connectivity index (χ0n) is 12.7. The molecule has 2 rings (SSSR count). The largest absolute Gasteiger partial charge is 0.446 e. The van der Waals surface area contributed by atoms with Gasteiger partial charge < -0.3 is 4.74 Å². The summed E-state index contributed by atoms with van der Waals surface area (Å²) in [5.41, 5.74) is 1.73. The summed E-state index contributed by atoms with van der Waals surface area (Å²) < 4.78 is 31.3. The van der Waals surface area contributed by atoms with Crippen LogP contribution in [0.4, 0.5) is 4.79 Å². The summed E-state index contributed by atoms with van der Waals surface area (Å²) >= 11 is 0. The molecule has 6 heteroatoms. The monoisotopic (exact) mass is 321 g/mol. The molecule has 5 nitrogen and oxygen atoms in total. The fourth-order valence-electron chi connectivity index (χ4n) is 2.37. The maximum atomic E-state index is 12.8. The van der Waals surface area contributed by atoms with Gasteiger partial charge in [-0.3, -0.25) is 0 Å². The number of hydrogen-bond acceptors (Lipinski definition) is 4. The summed E-state index contributed by atoms with van der Waals surface area (Å²) in [6.45, 7) is 7.35. The van der Waals surface area contributed by atoms with Crippen molar-refractivity contribution in [2.24, 2.45) is 0 Å². The standard InChI is InChI=1S/C16H19NO4S/c1-4-6-13(5-2)15-11-21-16(18)17(15)22(19,20)14-9-7-12(3)8-10-14/h4-5,7-10,15H,1,6,11H2,2-3H3/b13-5-. The minimum Gasteiger partial charge on any atom is -0.446 e. The van der Waals surface area contributed by atoms with Gasteiger partial charge in [-0.15, -0.1) is 6.58 Å². The lowest BCUT2D eigenvalue weighted by molar-refractivity contribution is 0.170. The van der Waals surface area contributed by atoms with Crippen LogP contribution >= 0.6 is 0 Å². The summed E-state index contributed by atoms with van der Waals surface area (Å²) in [5.74, 6) is 0. The minimum absolute atomic E-state index is 0.0252. The van der Waals surface area contributed by atoms with Gasteiger partial charge in [-0.2, -0.15) is 4.31 Å². The zero-order chi connectivity index (χ0) is 16.3. The van der Waals surface area contributed by atoms with Crippen molar-refractivity contribution in [3.63, 3.8) is 0 Å². The molecule has 1 heterocycles. The van der Waals surface area contributed by atoms with Crippen molar-refractivity contribution in [1.82, 2.24) is 4.31 Å². The smallest absolute Gasteiger partial charge is 0.424 e. The van der Waals surface area contributed by atoms with Crippen molar-refractivity contribution < 1.29 is 17.9 Å². The highest BCUT2D eigenvalue weighted by atomic mass is 32.2. The van der Waals surface area contributed by atoms with Gasteiger partial charge in [0, 0.05) is 0 Å². The van der Waals surface area contributed by atoms with Crippen LogP contribution in [0, 0.1) is 6.92 Å². The molecule has 1 fully saturated rings. The number of sulfonamides is 1. The zero-order valence-corrected chi connectivity index (χ0v) is 13.5. The molecule has 0 N–H and O–H groups in total. The van der Waals surface area contributed by atoms with E-state index in [1.807, 2.05) is 6.92 Å². The van der Waals surface area contributed by atoms with Crippen molar-refractivity contribution in [2.45, 2.75) is 31.2 Å². The molecular formula is C16H19NO4S. The molecule has 1 aliphatic heterocycles. The molecule has 1 aliphatic rings. The Labute approximate surface area is 130 Å². The molecule has 0 aromatic heterocycles. The Balaban J connectivity index is 2.44. The van der Waals surface area contributed by atoms with Gasteiger partial charge in [0.05, 0.1) is 4.90 Å². The first-order chi connectivity index (χ1) is 10.4. The lowest BCUT2D eigenvalue weighted by atomic mass is 10.1. The van der Waals surface area contributed by atoms with Crippen molar-refractivity contribution in [2.75, 3.05) is 6.61 Å². The number of carbonyl (C=O) groups is 1. The van der Waals surface area contributed by atoms with E-state index in [2.05, 4.69) is 6.58 Å². The third kappa shape index (κ3) is 2.92. The normalized spacial score (nSPS) is 19.2. The maximum absolute atomic E-state index is 12.8. The Kier molecular flexibility index (Phi) is 4.71. The van der Waals surface area contributed by atoms with Crippen LogP contribution in [0.15, 0.2) is 53.5 Å². The third-order valence-electron chi connectivity index (χ3n) is 3.58. The van der Waals surface area contributed by atoms with E-state index in [0.717, 1.165) is 15.4 Å². The molecule has 118 valence electrons. The number of carbonyl (C=O) groups excluding carboxylic acids is 1. The number of rotatable bonds is 5. The van der Waals surface area contributed by atoms with Gasteiger partial charge in [0.1, 0.15) is 12.6 Å². The highest BCUT2D eigenvalue weighted by Gasteiger charge is 2.43. The van der Waals surface area contributed by atoms with E-state index in [9.17, 15) is 13.2 Å². The van der Waals surface area contributed by atoms with Crippen LogP contribution in [0.5, 0.6) is 0 Å². The summed E-state index contributed by atoms with van der Waals surface area (Å²) in [7, 11) is -3.94. The Hall–Kier alpha value is -2.08. The van der Waals surface area contributed by atoms with Crippen LogP contribution < -0.4 is 0 Å². The van der Waals surface area contributed by atoms with Crippen LogP contribution in [0.2, 0.25) is 0 Å². The second-order valence-corrected chi connectivity index (χ2v) is 6.88. The molecule has 0 spiro atoms. The topological polar surface area (TPSA) is 63.7 Å². The van der Waals surface area contributed by atoms with Crippen molar-refractivity contribution in [3.8, 4) is 0 Å². The first-order valence-corrected chi connectivity index (χ1v) is 8.39. The number of ether oxygens (including phenoxy) is 1. The number of benzene rings is 1. The summed E-state index contributed by atoms with van der Waals surface area (Å²) in [5, 5.41) is 0. The van der Waals surface area contributed by atoms with Crippen molar-refractivity contribution >= 4 is 16.1 Å². The lowest BCUT2D eigenvalue weighted by Crippen LogP contribution is -2.40. The molecule has 0 radical (unpaired) electrons. The molecule has 1 atom stereocenters. The molecule has 22 heavy (non-hydrogen) atoms. The quantitative estimate of drug-likeness (QED) is 0.782. The highest BCUT2D eigenvalue weighted by Crippen LogP contribution is 2.29. The van der Waals surface area contributed by atoms with Crippen LogP contribution in [-0.2, 0) is 14.8 Å². The number of cyclic esters (lactones) is 1. The lowest BCUT2D eigenvalue weighted by Gasteiger charge is -2.23. The third-order valence-corrected chi connectivity index (χ3v) is 5.37. The predicted octanol–water partition coefficient (Wildman–Crippen LogP) is 3.03. The van der Waals surface area contributed by atoms with Crippen LogP contribution in [0.25, 0.3) is 0 Å². The van der Waals surface area contributed by atoms with E-state index in [1.165, 1.54) is 12.1 Å². The van der Waals surface area contributed by atoms with Gasteiger partial charge in [0.15, 0.2) is 0 Å². The first kappa shape index (κ1) is 16.3. The van der Waals surface area contributed by atoms with E-state index in [0.29, 0.717) is 6.42 Å². The maximum Gasteiger partial charge on any atom is 0.424 e. The predicted molar refractivity (Wildman–Crippen MR) is 83.9 cm³/mol. The molecule has 1 saturated heterocycles. The SMILES string of the molecule is C=CC/C(=C/C)C1COC(=O)N1S(=O)(=O)c1ccc(C)cc1. The molecule has 1 aromatic carbocycles. The van der Waals surface area contributed by atoms with Gasteiger partial charge in [0.25, 0.3) is 10.0 Å². The number of allylic oxidation sites excluding steroid dienone is 2. The summed E-state index contributed by atoms with van der Waals surface area (Å²) in [6, 6.07) is 5.77. The first-order valence-electron chi connectivity index (χ1n) is 6.95. The van der Waals surface area contributed by atoms with Crippen molar-refractivity contribution in [1.29, 1.82) is 0 Å². The molecule has 0 bridgehead atoms. The fourth-order valence-corrected chi connectivity index (χ4v) is 3.86. The molecule has 1 aromatic rings. The van der Waals surface area contributed by atoms with E-state index < -0.39 is 22.2 Å². The van der Waals surface area contributed by atoms with E-state index in [-0.39, 0.29) is 11.5 Å². The van der Waals surface area contributed by atoms with Gasteiger partial charge in [0.2, 0.25) is 0 Å². The summed E-state index contributed by atoms with van der Waals surface area (Å²) in [6.07, 6.45) is 3.13. The minimum atomic E-state index is -3.94. The van der Waals surface area contributed by atoms with E-state index in [4.69, 9.17) is 4.74 Å². The molecule has 1 amide bonds. The van der Waals surface area contributed by atoms with Crippen molar-refractivity contribution in [3.05, 3.63) is 54.1 Å². The molecule has 1 unspecified atom stereocenters. The Morgan fingerprint density at radius 3 is 2.59 bits per heavy atom. The average molecular weight is 321 g/mol. The Bertz CT molecular complexity index is 704. The molecule has 0 aliphatic carbocycles. The number of hydrogen-bond donors (Lipinski definition) is 0. The van der Waals surface area contributed by atoms with E-state index in [1.54, 1.807) is 31.2 Å². The van der Waals surface area contributed by atoms with Crippen LogP contribution in [-0.4, -0.2) is 31.5 Å². The molecular weight excluding hydrogens is 302 g/mol. The highest BCUT2D eigenvalue weighted by molar-refractivity contribution is 7.89. The summed E-state index contributed by atoms with van der Waals surface area (Å²) in [4.78, 5) is 12.0. The molecule has 0 saturated carbocycles. The number of aryl methyl sites for hydroxylation is 1. The van der Waals surface area contributed by atoms with Gasteiger partial charge in [-0.1, -0.05) is 29.8 Å². The Morgan fingerprint density at radius 2 is 2.05 bits per heavy atom. The van der Waals surface area contributed by atoms with Crippen LogP contribution in [0.1, 0.15) is 18.9 Å². The average Bonchev–Trinajstić information content (AvgIpc) is 2.87. The van der Waals surface area contributed by atoms with Gasteiger partial charge in [-0.05, 0) is 38.0 Å². The van der Waals surface area contributed by atoms with E-state index >= 15 is 0 Å². The number of nitrogens with zero attached hydrogens (tertiary/aromatic N) is 1. The van der Waals surface area contributed by atoms with Gasteiger partial charge in [-0.25, -0.2) is 13.2 Å². The fraction of sp³-hybridized carbons (Fsp3) is 0.312. The number of amides is 1.